The number of rotatable bonds is 4. The minimum Gasteiger partial charge on any atom is -0.390 e. The molecule has 1 unspecified atom stereocenters. The van der Waals surface area contributed by atoms with Gasteiger partial charge >= 0.3 is 0 Å². The predicted molar refractivity (Wildman–Crippen MR) is 66.7 cm³/mol. The fraction of sp³-hybridized carbons (Fsp3) is 0.571. The summed E-state index contributed by atoms with van der Waals surface area (Å²) in [4.78, 5) is 0. The summed E-state index contributed by atoms with van der Waals surface area (Å²) < 4.78 is 26.2. The Hall–Kier alpha value is -1.00. The van der Waals surface area contributed by atoms with Crippen LogP contribution >= 0.6 is 0 Å². The Balaban J connectivity index is 2.16. The molecule has 2 N–H and O–H groups in total. The molecule has 0 heterocycles. The van der Waals surface area contributed by atoms with Crippen LogP contribution in [-0.2, 0) is 6.42 Å². The first kappa shape index (κ1) is 13.4. The average Bonchev–Trinajstić information content (AvgIpc) is 2.56. The van der Waals surface area contributed by atoms with Crippen molar-refractivity contribution in [2.24, 2.45) is 5.41 Å². The molecule has 0 aliphatic heterocycles. The van der Waals surface area contributed by atoms with Gasteiger partial charge in [0, 0.05) is 6.04 Å². The van der Waals surface area contributed by atoms with Gasteiger partial charge < -0.3 is 10.4 Å². The molecule has 0 saturated heterocycles. The molecule has 1 aliphatic carbocycles. The smallest absolute Gasteiger partial charge is 0.282 e. The van der Waals surface area contributed by atoms with Gasteiger partial charge in [-0.15, -0.1) is 0 Å². The highest BCUT2D eigenvalue weighted by atomic mass is 19.3. The zero-order valence-electron chi connectivity index (χ0n) is 10.7. The highest BCUT2D eigenvalue weighted by molar-refractivity contribution is 5.37. The first-order valence-electron chi connectivity index (χ1n) is 6.16. The highest BCUT2D eigenvalue weighted by Gasteiger charge is 2.40. The summed E-state index contributed by atoms with van der Waals surface area (Å²) >= 11 is 0. The van der Waals surface area contributed by atoms with Crippen molar-refractivity contribution in [3.63, 3.8) is 0 Å². The Morgan fingerprint density at radius 3 is 2.72 bits per heavy atom. The molecule has 2 nitrogen and oxygen atoms in total. The molecule has 4 heteroatoms. The van der Waals surface area contributed by atoms with Crippen LogP contribution in [0.15, 0.2) is 24.3 Å². The summed E-state index contributed by atoms with van der Waals surface area (Å²) in [6, 6.07) is 7.84. The van der Waals surface area contributed by atoms with Crippen molar-refractivity contribution in [1.82, 2.24) is 5.32 Å². The number of fused-ring (bicyclic) bond motifs is 1. The second-order valence-corrected chi connectivity index (χ2v) is 5.69. The second-order valence-electron chi connectivity index (χ2n) is 5.69. The molecule has 100 valence electrons. The van der Waals surface area contributed by atoms with Crippen LogP contribution in [-0.4, -0.2) is 24.2 Å². The quantitative estimate of drug-likeness (QED) is 0.866. The molecule has 18 heavy (non-hydrogen) atoms. The minimum atomic E-state index is -3.06. The SMILES string of the molecule is CC1(C)Cc2ccccc2C1NCC(F)(F)CO. The van der Waals surface area contributed by atoms with Crippen molar-refractivity contribution in [3.8, 4) is 0 Å². The van der Waals surface area contributed by atoms with E-state index in [2.05, 4.69) is 19.2 Å². The number of aliphatic hydroxyl groups is 1. The molecule has 0 amide bonds. The maximum absolute atomic E-state index is 13.1. The van der Waals surface area contributed by atoms with Crippen LogP contribution in [0.1, 0.15) is 31.0 Å². The molecule has 0 bridgehead atoms. The maximum atomic E-state index is 13.1. The van der Waals surface area contributed by atoms with E-state index in [1.165, 1.54) is 5.56 Å². The molecule has 1 aromatic carbocycles. The fourth-order valence-electron chi connectivity index (χ4n) is 2.68. The van der Waals surface area contributed by atoms with Gasteiger partial charge in [0.15, 0.2) is 0 Å². The topological polar surface area (TPSA) is 32.3 Å². The van der Waals surface area contributed by atoms with E-state index in [9.17, 15) is 8.78 Å². The van der Waals surface area contributed by atoms with Crippen LogP contribution in [0.2, 0.25) is 0 Å². The standard InChI is InChI=1S/C14H19F2NO/c1-13(2)7-10-5-3-4-6-11(10)12(13)17-8-14(15,16)9-18/h3-6,12,17-18H,7-9H2,1-2H3. The largest absolute Gasteiger partial charge is 0.390 e. The summed E-state index contributed by atoms with van der Waals surface area (Å²) in [5.41, 5.74) is 2.22. The summed E-state index contributed by atoms with van der Waals surface area (Å²) in [5.74, 6) is -3.06. The van der Waals surface area contributed by atoms with Gasteiger partial charge in [-0.3, -0.25) is 0 Å². The molecule has 0 radical (unpaired) electrons. The van der Waals surface area contributed by atoms with Crippen LogP contribution in [0.5, 0.6) is 0 Å². The number of hydrogen-bond acceptors (Lipinski definition) is 2. The Labute approximate surface area is 106 Å². The van der Waals surface area contributed by atoms with Gasteiger partial charge in [-0.1, -0.05) is 38.1 Å². The van der Waals surface area contributed by atoms with Gasteiger partial charge in [-0.25, -0.2) is 8.78 Å². The average molecular weight is 255 g/mol. The fourth-order valence-corrected chi connectivity index (χ4v) is 2.68. The van der Waals surface area contributed by atoms with Crippen molar-refractivity contribution >= 4 is 0 Å². The van der Waals surface area contributed by atoms with Crippen molar-refractivity contribution in [3.05, 3.63) is 35.4 Å². The number of alkyl halides is 2. The van der Waals surface area contributed by atoms with E-state index in [0.717, 1.165) is 12.0 Å². The molecule has 0 aromatic heterocycles. The lowest BCUT2D eigenvalue weighted by Crippen LogP contribution is -2.41. The molecule has 1 aromatic rings. The predicted octanol–water partition coefficient (Wildman–Crippen LogP) is 2.53. The molecule has 0 fully saturated rings. The summed E-state index contributed by atoms with van der Waals surface area (Å²) in [6.45, 7) is 2.53. The van der Waals surface area contributed by atoms with E-state index in [0.29, 0.717) is 0 Å². The van der Waals surface area contributed by atoms with Gasteiger partial charge in [0.2, 0.25) is 0 Å². The number of benzene rings is 1. The van der Waals surface area contributed by atoms with E-state index >= 15 is 0 Å². The highest BCUT2D eigenvalue weighted by Crippen LogP contribution is 2.45. The third-order valence-electron chi connectivity index (χ3n) is 3.59. The zero-order valence-corrected chi connectivity index (χ0v) is 10.7. The molecule has 2 rings (SSSR count). The van der Waals surface area contributed by atoms with E-state index in [-0.39, 0.29) is 11.5 Å². The van der Waals surface area contributed by atoms with Gasteiger partial charge in [-0.2, -0.15) is 0 Å². The third kappa shape index (κ3) is 2.54. The first-order valence-corrected chi connectivity index (χ1v) is 6.16. The monoisotopic (exact) mass is 255 g/mol. The lowest BCUT2D eigenvalue weighted by Gasteiger charge is -2.30. The molecule has 0 saturated carbocycles. The van der Waals surface area contributed by atoms with Crippen molar-refractivity contribution in [1.29, 1.82) is 0 Å². The Kier molecular flexibility index (Phi) is 3.43. The molecule has 1 atom stereocenters. The lowest BCUT2D eigenvalue weighted by molar-refractivity contribution is -0.0514. The van der Waals surface area contributed by atoms with Crippen LogP contribution in [0.3, 0.4) is 0 Å². The molecular weight excluding hydrogens is 236 g/mol. The van der Waals surface area contributed by atoms with Crippen LogP contribution in [0, 0.1) is 5.41 Å². The zero-order chi connectivity index (χ0) is 13.4. The van der Waals surface area contributed by atoms with Gasteiger partial charge in [-0.05, 0) is 23.0 Å². The Bertz CT molecular complexity index is 432. The molecule has 1 aliphatic rings. The van der Waals surface area contributed by atoms with Crippen LogP contribution in [0.25, 0.3) is 0 Å². The summed E-state index contributed by atoms with van der Waals surface area (Å²) in [5, 5.41) is 11.5. The number of hydrogen-bond donors (Lipinski definition) is 2. The summed E-state index contributed by atoms with van der Waals surface area (Å²) in [6.07, 6.45) is 0.880. The minimum absolute atomic E-state index is 0.0881. The lowest BCUT2D eigenvalue weighted by atomic mass is 9.85. The number of aliphatic hydroxyl groups excluding tert-OH is 1. The maximum Gasteiger partial charge on any atom is 0.282 e. The van der Waals surface area contributed by atoms with Gasteiger partial charge in [0.1, 0.15) is 6.61 Å². The van der Waals surface area contributed by atoms with Crippen molar-refractivity contribution < 1.29 is 13.9 Å². The normalized spacial score (nSPS) is 21.9. The van der Waals surface area contributed by atoms with E-state index in [1.807, 2.05) is 24.3 Å². The van der Waals surface area contributed by atoms with E-state index < -0.39 is 19.1 Å². The second kappa shape index (κ2) is 4.59. The Morgan fingerprint density at radius 1 is 1.39 bits per heavy atom. The third-order valence-corrected chi connectivity index (χ3v) is 3.59. The van der Waals surface area contributed by atoms with Gasteiger partial charge in [0.05, 0.1) is 6.54 Å². The van der Waals surface area contributed by atoms with Crippen molar-refractivity contribution in [2.45, 2.75) is 32.2 Å². The van der Waals surface area contributed by atoms with E-state index in [4.69, 9.17) is 5.11 Å². The Morgan fingerprint density at radius 2 is 2.06 bits per heavy atom. The van der Waals surface area contributed by atoms with E-state index in [1.54, 1.807) is 0 Å². The first-order chi connectivity index (χ1) is 8.36. The number of halogens is 2. The van der Waals surface area contributed by atoms with Gasteiger partial charge in [0.25, 0.3) is 5.92 Å². The van der Waals surface area contributed by atoms with Crippen LogP contribution < -0.4 is 5.32 Å². The summed E-state index contributed by atoms with van der Waals surface area (Å²) in [7, 11) is 0. The molecular formula is C14H19F2NO. The molecule has 0 spiro atoms. The van der Waals surface area contributed by atoms with Crippen LogP contribution in [0.4, 0.5) is 8.78 Å². The number of nitrogens with one attached hydrogen (secondary N) is 1. The van der Waals surface area contributed by atoms with Crippen molar-refractivity contribution in [2.75, 3.05) is 13.2 Å².